The zero-order chi connectivity index (χ0) is 23.7. The first-order chi connectivity index (χ1) is 16.5. The molecule has 0 unspecified atom stereocenters. The van der Waals surface area contributed by atoms with Gasteiger partial charge in [0.05, 0.1) is 16.7 Å². The number of aromatic nitrogens is 4. The fourth-order valence-electron chi connectivity index (χ4n) is 4.07. The van der Waals surface area contributed by atoms with Crippen molar-refractivity contribution in [2.24, 2.45) is 0 Å². The van der Waals surface area contributed by atoms with Crippen LogP contribution in [0.4, 0.5) is 5.82 Å². The van der Waals surface area contributed by atoms with Crippen molar-refractivity contribution in [3.05, 3.63) is 94.4 Å². The second-order valence-corrected chi connectivity index (χ2v) is 9.39. The minimum atomic E-state index is -0.0675. The standard InChI is InChI=1S/C26H25N5O2S/c1-16-13-17(2)28-26(27-16)31-25-23(18(3)30-31)24(34-15-22(32)29-25)20-9-11-21(12-10-20)33-14-19-7-5-4-6-8-19/h4-13,24H,14-15H2,1-3H3,(H,29,32)/t24-/m0/s1. The molecule has 5 rings (SSSR count). The molecule has 1 atom stereocenters. The largest absolute Gasteiger partial charge is 0.489 e. The van der Waals surface area contributed by atoms with Crippen LogP contribution >= 0.6 is 11.8 Å². The molecule has 0 radical (unpaired) electrons. The number of benzene rings is 2. The Hall–Kier alpha value is -3.65. The van der Waals surface area contributed by atoms with Crippen LogP contribution in [0.15, 0.2) is 60.7 Å². The van der Waals surface area contributed by atoms with Gasteiger partial charge in [0.1, 0.15) is 18.2 Å². The van der Waals surface area contributed by atoms with E-state index in [-0.39, 0.29) is 11.2 Å². The molecule has 34 heavy (non-hydrogen) atoms. The summed E-state index contributed by atoms with van der Waals surface area (Å²) < 4.78 is 7.60. The monoisotopic (exact) mass is 471 g/mol. The number of thioether (sulfide) groups is 1. The van der Waals surface area contributed by atoms with Crippen LogP contribution < -0.4 is 10.1 Å². The van der Waals surface area contributed by atoms with Gasteiger partial charge in [0.15, 0.2) is 0 Å². The van der Waals surface area contributed by atoms with Crippen LogP contribution in [0, 0.1) is 20.8 Å². The highest BCUT2D eigenvalue weighted by molar-refractivity contribution is 8.00. The highest BCUT2D eigenvalue weighted by Gasteiger charge is 2.31. The van der Waals surface area contributed by atoms with Gasteiger partial charge in [0, 0.05) is 17.0 Å². The van der Waals surface area contributed by atoms with Crippen molar-refractivity contribution in [2.75, 3.05) is 11.1 Å². The molecule has 1 aliphatic heterocycles. The summed E-state index contributed by atoms with van der Waals surface area (Å²) in [4.78, 5) is 21.7. The highest BCUT2D eigenvalue weighted by Crippen LogP contribution is 2.43. The summed E-state index contributed by atoms with van der Waals surface area (Å²) in [5, 5.41) is 7.69. The Labute approximate surface area is 202 Å². The summed E-state index contributed by atoms with van der Waals surface area (Å²) in [6.07, 6.45) is 0. The highest BCUT2D eigenvalue weighted by atomic mass is 32.2. The third-order valence-electron chi connectivity index (χ3n) is 5.60. The van der Waals surface area contributed by atoms with Gasteiger partial charge in [-0.3, -0.25) is 4.79 Å². The summed E-state index contributed by atoms with van der Waals surface area (Å²) in [7, 11) is 0. The van der Waals surface area contributed by atoms with Crippen LogP contribution in [0.2, 0.25) is 0 Å². The molecule has 3 heterocycles. The molecular weight excluding hydrogens is 446 g/mol. The maximum absolute atomic E-state index is 12.6. The molecule has 0 saturated carbocycles. The number of ether oxygens (including phenoxy) is 1. The van der Waals surface area contributed by atoms with E-state index in [9.17, 15) is 4.79 Å². The molecule has 0 aliphatic carbocycles. The Kier molecular flexibility index (Phi) is 6.06. The quantitative estimate of drug-likeness (QED) is 0.444. The first-order valence-corrected chi connectivity index (χ1v) is 12.1. The summed E-state index contributed by atoms with van der Waals surface area (Å²) in [5.41, 5.74) is 5.71. The van der Waals surface area contributed by atoms with Crippen LogP contribution in [0.1, 0.15) is 39.0 Å². The fourth-order valence-corrected chi connectivity index (χ4v) is 5.26. The first kappa shape index (κ1) is 22.2. The Morgan fingerprint density at radius 3 is 2.44 bits per heavy atom. The number of hydrogen-bond acceptors (Lipinski definition) is 6. The van der Waals surface area contributed by atoms with E-state index in [1.807, 2.05) is 69.3 Å². The fraction of sp³-hybridized carbons (Fsp3) is 0.231. The van der Waals surface area contributed by atoms with Gasteiger partial charge in [0.25, 0.3) is 5.95 Å². The van der Waals surface area contributed by atoms with Crippen LogP contribution in [0.3, 0.4) is 0 Å². The Morgan fingerprint density at radius 2 is 1.74 bits per heavy atom. The first-order valence-electron chi connectivity index (χ1n) is 11.1. The third kappa shape index (κ3) is 4.54. The minimum Gasteiger partial charge on any atom is -0.489 e. The summed E-state index contributed by atoms with van der Waals surface area (Å²) in [6, 6.07) is 20.1. The van der Waals surface area contributed by atoms with Gasteiger partial charge in [-0.2, -0.15) is 9.78 Å². The van der Waals surface area contributed by atoms with Crippen molar-refractivity contribution in [3.63, 3.8) is 0 Å². The second-order valence-electron chi connectivity index (χ2n) is 8.29. The van der Waals surface area contributed by atoms with Crippen molar-refractivity contribution >= 4 is 23.5 Å². The molecule has 172 valence electrons. The molecule has 2 aromatic carbocycles. The van der Waals surface area contributed by atoms with Crippen LogP contribution in [0.25, 0.3) is 5.95 Å². The van der Waals surface area contributed by atoms with Crippen molar-refractivity contribution < 1.29 is 9.53 Å². The van der Waals surface area contributed by atoms with Gasteiger partial charge in [-0.25, -0.2) is 9.97 Å². The number of aryl methyl sites for hydroxylation is 3. The van der Waals surface area contributed by atoms with Crippen molar-refractivity contribution in [3.8, 4) is 11.7 Å². The predicted molar refractivity (Wildman–Crippen MR) is 134 cm³/mol. The number of rotatable bonds is 5. The number of nitrogens with one attached hydrogen (secondary N) is 1. The Balaban J connectivity index is 1.47. The Morgan fingerprint density at radius 1 is 1.03 bits per heavy atom. The molecular formula is C26H25N5O2S. The summed E-state index contributed by atoms with van der Waals surface area (Å²) >= 11 is 1.59. The van der Waals surface area contributed by atoms with Crippen LogP contribution in [-0.4, -0.2) is 31.4 Å². The minimum absolute atomic E-state index is 0.0585. The van der Waals surface area contributed by atoms with Gasteiger partial charge < -0.3 is 10.1 Å². The van der Waals surface area contributed by atoms with E-state index >= 15 is 0 Å². The zero-order valence-electron chi connectivity index (χ0n) is 19.3. The number of anilines is 1. The smallest absolute Gasteiger partial charge is 0.252 e. The van der Waals surface area contributed by atoms with Gasteiger partial charge in [-0.05, 0) is 50.1 Å². The van der Waals surface area contributed by atoms with E-state index in [0.29, 0.717) is 24.1 Å². The average Bonchev–Trinajstić information content (AvgIpc) is 3.03. The van der Waals surface area contributed by atoms with E-state index in [2.05, 4.69) is 27.4 Å². The van der Waals surface area contributed by atoms with Crippen LogP contribution in [0.5, 0.6) is 5.75 Å². The maximum Gasteiger partial charge on any atom is 0.252 e. The van der Waals surface area contributed by atoms with Crippen molar-refractivity contribution in [1.29, 1.82) is 0 Å². The van der Waals surface area contributed by atoms with E-state index in [4.69, 9.17) is 9.84 Å². The lowest BCUT2D eigenvalue weighted by Crippen LogP contribution is -2.17. The lowest BCUT2D eigenvalue weighted by atomic mass is 10.0. The van der Waals surface area contributed by atoms with Gasteiger partial charge >= 0.3 is 0 Å². The van der Waals surface area contributed by atoms with Crippen molar-refractivity contribution in [2.45, 2.75) is 32.6 Å². The van der Waals surface area contributed by atoms with E-state index in [0.717, 1.165) is 39.5 Å². The molecule has 4 aromatic rings. The topological polar surface area (TPSA) is 81.9 Å². The summed E-state index contributed by atoms with van der Waals surface area (Å²) in [6.45, 7) is 6.32. The molecule has 0 fully saturated rings. The molecule has 8 heteroatoms. The Bertz CT molecular complexity index is 1320. The van der Waals surface area contributed by atoms with Gasteiger partial charge in [-0.15, -0.1) is 11.8 Å². The molecule has 0 saturated heterocycles. The third-order valence-corrected chi connectivity index (χ3v) is 6.87. The second kappa shape index (κ2) is 9.30. The average molecular weight is 472 g/mol. The number of carbonyl (C=O) groups is 1. The number of fused-ring (bicyclic) bond motifs is 1. The van der Waals surface area contributed by atoms with E-state index < -0.39 is 0 Å². The normalized spacial score (nSPS) is 15.4. The summed E-state index contributed by atoms with van der Waals surface area (Å²) in [5.74, 6) is 2.17. The predicted octanol–water partition coefficient (Wildman–Crippen LogP) is 4.94. The number of hydrogen-bond donors (Lipinski definition) is 1. The SMILES string of the molecule is Cc1cc(C)nc(-n2nc(C)c3c2NC(=O)CS[C@H]3c2ccc(OCc3ccccc3)cc2)n1. The lowest BCUT2D eigenvalue weighted by molar-refractivity contribution is -0.113. The van der Waals surface area contributed by atoms with Gasteiger partial charge in [-0.1, -0.05) is 42.5 Å². The number of amides is 1. The van der Waals surface area contributed by atoms with Gasteiger partial charge in [0.2, 0.25) is 5.91 Å². The molecule has 0 spiro atoms. The zero-order valence-corrected chi connectivity index (χ0v) is 20.1. The van der Waals surface area contributed by atoms with Crippen LogP contribution in [-0.2, 0) is 11.4 Å². The number of nitrogens with zero attached hydrogens (tertiary/aromatic N) is 4. The molecule has 0 bridgehead atoms. The van der Waals surface area contributed by atoms with Crippen molar-refractivity contribution in [1.82, 2.24) is 19.7 Å². The number of carbonyl (C=O) groups excluding carboxylic acids is 1. The molecule has 2 aromatic heterocycles. The van der Waals surface area contributed by atoms with E-state index in [1.54, 1.807) is 16.4 Å². The maximum atomic E-state index is 12.6. The molecule has 1 N–H and O–H groups in total. The van der Waals surface area contributed by atoms with E-state index in [1.165, 1.54) is 0 Å². The molecule has 1 amide bonds. The molecule has 7 nitrogen and oxygen atoms in total. The lowest BCUT2D eigenvalue weighted by Gasteiger charge is -2.16. The molecule has 1 aliphatic rings.